The molecule has 0 N–H and O–H groups in total. The van der Waals surface area contributed by atoms with Crippen molar-refractivity contribution >= 4 is 23.5 Å². The zero-order chi connectivity index (χ0) is 13.4. The fraction of sp³-hybridized carbons (Fsp3) is 0.800. The fourth-order valence-electron chi connectivity index (χ4n) is 2.68. The molecule has 19 heavy (non-hydrogen) atoms. The van der Waals surface area contributed by atoms with E-state index in [0.29, 0.717) is 4.08 Å². The van der Waals surface area contributed by atoms with Crippen LogP contribution >= 0.6 is 23.5 Å². The number of hydrogen-bond donors (Lipinski definition) is 0. The fourth-order valence-corrected chi connectivity index (χ4v) is 6.08. The molecule has 2 nitrogen and oxygen atoms in total. The van der Waals surface area contributed by atoms with Gasteiger partial charge in [-0.25, -0.2) is 4.98 Å². The van der Waals surface area contributed by atoms with Crippen LogP contribution in [0.4, 0.5) is 0 Å². The predicted molar refractivity (Wildman–Crippen MR) is 87.9 cm³/mol. The number of rotatable bonds is 9. The van der Waals surface area contributed by atoms with Crippen LogP contribution in [0.15, 0.2) is 18.7 Å². The van der Waals surface area contributed by atoms with Gasteiger partial charge < -0.3 is 4.57 Å². The summed E-state index contributed by atoms with van der Waals surface area (Å²) >= 11 is 4.45. The largest absolute Gasteiger partial charge is 0.337 e. The summed E-state index contributed by atoms with van der Waals surface area (Å²) in [6.45, 7) is 3.41. The monoisotopic (exact) mass is 298 g/mol. The van der Waals surface area contributed by atoms with Gasteiger partial charge in [0.05, 0.1) is 10.4 Å². The summed E-state index contributed by atoms with van der Waals surface area (Å²) < 4.78 is 2.74. The van der Waals surface area contributed by atoms with Crippen LogP contribution in [0.1, 0.15) is 51.9 Å². The molecular formula is C15H26N2S2. The first-order valence-corrected chi connectivity index (χ1v) is 9.55. The van der Waals surface area contributed by atoms with Crippen molar-refractivity contribution in [2.75, 3.05) is 11.5 Å². The van der Waals surface area contributed by atoms with E-state index in [1.807, 2.05) is 12.5 Å². The Balaban J connectivity index is 1.71. The molecule has 1 fully saturated rings. The van der Waals surface area contributed by atoms with E-state index in [1.165, 1.54) is 56.5 Å². The van der Waals surface area contributed by atoms with Crippen molar-refractivity contribution in [3.8, 4) is 0 Å². The van der Waals surface area contributed by atoms with Crippen LogP contribution in [-0.2, 0) is 6.54 Å². The third-order valence-corrected chi connectivity index (χ3v) is 7.41. The molecule has 0 unspecified atom stereocenters. The first-order chi connectivity index (χ1) is 9.35. The van der Waals surface area contributed by atoms with Crippen LogP contribution < -0.4 is 0 Å². The molecule has 2 rings (SSSR count). The van der Waals surface area contributed by atoms with E-state index in [0.717, 1.165) is 6.54 Å². The SMILES string of the molecule is CCCCCCC1(CCCn2ccnc2)SCCS1. The van der Waals surface area contributed by atoms with Gasteiger partial charge in [0.15, 0.2) is 0 Å². The van der Waals surface area contributed by atoms with Crippen molar-refractivity contribution in [2.45, 2.75) is 62.5 Å². The van der Waals surface area contributed by atoms with Gasteiger partial charge in [0.25, 0.3) is 0 Å². The van der Waals surface area contributed by atoms with Crippen LogP contribution in [0, 0.1) is 0 Å². The van der Waals surface area contributed by atoms with Crippen molar-refractivity contribution in [3.05, 3.63) is 18.7 Å². The summed E-state index contributed by atoms with van der Waals surface area (Å²) in [5, 5.41) is 0. The lowest BCUT2D eigenvalue weighted by atomic mass is 10.1. The zero-order valence-corrected chi connectivity index (χ0v) is 13.6. The van der Waals surface area contributed by atoms with E-state index in [9.17, 15) is 0 Å². The van der Waals surface area contributed by atoms with Gasteiger partial charge in [0.1, 0.15) is 0 Å². The number of imidazole rings is 1. The summed E-state index contributed by atoms with van der Waals surface area (Å²) in [6.07, 6.45) is 15.5. The van der Waals surface area contributed by atoms with E-state index in [-0.39, 0.29) is 0 Å². The van der Waals surface area contributed by atoms with E-state index in [2.05, 4.69) is 46.2 Å². The molecule has 0 aliphatic carbocycles. The average Bonchev–Trinajstić information content (AvgIpc) is 3.07. The molecule has 0 aromatic carbocycles. The van der Waals surface area contributed by atoms with Crippen LogP contribution in [-0.4, -0.2) is 25.1 Å². The van der Waals surface area contributed by atoms with E-state index in [1.54, 1.807) is 0 Å². The van der Waals surface area contributed by atoms with Gasteiger partial charge in [-0.2, -0.15) is 0 Å². The Morgan fingerprint density at radius 1 is 1.11 bits per heavy atom. The van der Waals surface area contributed by atoms with Gasteiger partial charge in [-0.1, -0.05) is 32.6 Å². The summed E-state index contributed by atoms with van der Waals surface area (Å²) in [5.41, 5.74) is 0. The number of nitrogens with zero attached hydrogens (tertiary/aromatic N) is 2. The van der Waals surface area contributed by atoms with Gasteiger partial charge in [0, 0.05) is 30.4 Å². The highest BCUT2D eigenvalue weighted by molar-refractivity contribution is 8.21. The van der Waals surface area contributed by atoms with E-state index >= 15 is 0 Å². The molecule has 108 valence electrons. The molecular weight excluding hydrogens is 272 g/mol. The smallest absolute Gasteiger partial charge is 0.0945 e. The first kappa shape index (κ1) is 15.3. The zero-order valence-electron chi connectivity index (χ0n) is 12.0. The number of unbranched alkanes of at least 4 members (excludes halogenated alkanes) is 3. The summed E-state index contributed by atoms with van der Waals surface area (Å²) in [5.74, 6) is 2.70. The molecule has 2 heterocycles. The van der Waals surface area contributed by atoms with Gasteiger partial charge in [0.2, 0.25) is 0 Å². The van der Waals surface area contributed by atoms with Crippen LogP contribution in [0.5, 0.6) is 0 Å². The predicted octanol–water partition coefficient (Wildman–Crippen LogP) is 4.81. The van der Waals surface area contributed by atoms with Gasteiger partial charge in [-0.05, 0) is 19.3 Å². The molecule has 0 amide bonds. The maximum atomic E-state index is 4.11. The second-order valence-corrected chi connectivity index (χ2v) is 8.54. The molecule has 1 aliphatic heterocycles. The Labute approximate surface area is 126 Å². The second-order valence-electron chi connectivity index (χ2n) is 5.32. The molecule has 1 aromatic heterocycles. The van der Waals surface area contributed by atoms with Crippen molar-refractivity contribution in [2.24, 2.45) is 0 Å². The Morgan fingerprint density at radius 3 is 2.58 bits per heavy atom. The third-order valence-electron chi connectivity index (χ3n) is 3.76. The molecule has 1 saturated heterocycles. The number of thioether (sulfide) groups is 2. The van der Waals surface area contributed by atoms with Gasteiger partial charge in [-0.15, -0.1) is 23.5 Å². The molecule has 0 radical (unpaired) electrons. The maximum Gasteiger partial charge on any atom is 0.0945 e. The Hall–Kier alpha value is -0.0900. The van der Waals surface area contributed by atoms with E-state index < -0.39 is 0 Å². The normalized spacial score (nSPS) is 17.9. The second kappa shape index (κ2) is 8.25. The minimum atomic E-state index is 0.536. The highest BCUT2D eigenvalue weighted by Crippen LogP contribution is 2.50. The summed E-state index contributed by atoms with van der Waals surface area (Å²) in [4.78, 5) is 4.11. The summed E-state index contributed by atoms with van der Waals surface area (Å²) in [7, 11) is 0. The standard InChI is InChI=1S/C15H26N2S2/c1-2-3-4-5-7-15(18-12-13-19-15)8-6-10-17-11-9-16-14-17/h9,11,14H,2-8,10,12-13H2,1H3. The number of hydrogen-bond acceptors (Lipinski definition) is 3. The lowest BCUT2D eigenvalue weighted by molar-refractivity contribution is 0.534. The minimum Gasteiger partial charge on any atom is -0.337 e. The number of aromatic nitrogens is 2. The Morgan fingerprint density at radius 2 is 1.89 bits per heavy atom. The molecule has 0 bridgehead atoms. The Kier molecular flexibility index (Phi) is 6.65. The maximum absolute atomic E-state index is 4.11. The summed E-state index contributed by atoms with van der Waals surface area (Å²) in [6, 6.07) is 0. The first-order valence-electron chi connectivity index (χ1n) is 7.58. The van der Waals surface area contributed by atoms with Crippen molar-refractivity contribution in [3.63, 3.8) is 0 Å². The van der Waals surface area contributed by atoms with Gasteiger partial charge >= 0.3 is 0 Å². The average molecular weight is 299 g/mol. The van der Waals surface area contributed by atoms with Crippen molar-refractivity contribution in [1.82, 2.24) is 9.55 Å². The molecule has 4 heteroatoms. The van der Waals surface area contributed by atoms with Crippen LogP contribution in [0.3, 0.4) is 0 Å². The van der Waals surface area contributed by atoms with Gasteiger partial charge in [-0.3, -0.25) is 0 Å². The Bertz CT molecular complexity index is 332. The molecule has 0 saturated carbocycles. The molecule has 0 spiro atoms. The minimum absolute atomic E-state index is 0.536. The highest BCUT2D eigenvalue weighted by atomic mass is 32.2. The quantitative estimate of drug-likeness (QED) is 0.609. The van der Waals surface area contributed by atoms with Crippen LogP contribution in [0.2, 0.25) is 0 Å². The topological polar surface area (TPSA) is 17.8 Å². The molecule has 1 aromatic rings. The molecule has 1 aliphatic rings. The lowest BCUT2D eigenvalue weighted by Gasteiger charge is -2.27. The molecule has 0 atom stereocenters. The lowest BCUT2D eigenvalue weighted by Crippen LogP contribution is -2.18. The van der Waals surface area contributed by atoms with Crippen LogP contribution in [0.25, 0.3) is 0 Å². The highest BCUT2D eigenvalue weighted by Gasteiger charge is 2.34. The third kappa shape index (κ3) is 5.07. The van der Waals surface area contributed by atoms with Crippen molar-refractivity contribution < 1.29 is 0 Å². The van der Waals surface area contributed by atoms with Crippen molar-refractivity contribution in [1.29, 1.82) is 0 Å². The van der Waals surface area contributed by atoms with E-state index in [4.69, 9.17) is 0 Å². The number of aryl methyl sites for hydroxylation is 1.